The molecule has 0 bridgehead atoms. The molecule has 1 aliphatic heterocycles. The smallest absolute Gasteiger partial charge is 0.230 e. The van der Waals surface area contributed by atoms with Gasteiger partial charge in [0.2, 0.25) is 18.1 Å². The van der Waals surface area contributed by atoms with E-state index in [4.69, 9.17) is 19.2 Å². The molecule has 37 heavy (non-hydrogen) atoms. The van der Waals surface area contributed by atoms with E-state index in [1.54, 1.807) is 31.5 Å². The molecule has 3 heterocycles. The number of methoxy groups -OCH3 is 1. The summed E-state index contributed by atoms with van der Waals surface area (Å²) in [5.74, 6) is 0.509. The third kappa shape index (κ3) is 5.95. The highest BCUT2D eigenvalue weighted by Crippen LogP contribution is 2.36. The fourth-order valence-corrected chi connectivity index (χ4v) is 4.01. The Morgan fingerprint density at radius 3 is 2.65 bits per heavy atom. The van der Waals surface area contributed by atoms with Crippen LogP contribution in [0, 0.1) is 11.2 Å². The molecule has 2 fully saturated rings. The Morgan fingerprint density at radius 1 is 1.19 bits per heavy atom. The van der Waals surface area contributed by atoms with Crippen molar-refractivity contribution in [3.8, 4) is 22.6 Å². The molecule has 2 aromatic heterocycles. The summed E-state index contributed by atoms with van der Waals surface area (Å²) in [5, 5.41) is 6.22. The third-order valence-electron chi connectivity index (χ3n) is 6.35. The van der Waals surface area contributed by atoms with E-state index in [0.717, 1.165) is 19.3 Å². The Labute approximate surface area is 214 Å². The molecule has 1 saturated heterocycles. The Kier molecular flexibility index (Phi) is 7.45. The molecule has 196 valence electrons. The van der Waals surface area contributed by atoms with Gasteiger partial charge in [-0.2, -0.15) is 0 Å². The number of amides is 1. The molecule has 0 spiro atoms. The number of imidazole rings is 1. The second-order valence-corrected chi connectivity index (χ2v) is 9.65. The zero-order valence-electron chi connectivity index (χ0n) is 20.9. The number of hydrogen-bond donors (Lipinski definition) is 3. The van der Waals surface area contributed by atoms with Crippen LogP contribution in [0.25, 0.3) is 22.6 Å². The van der Waals surface area contributed by atoms with Crippen LogP contribution in [-0.2, 0) is 19.0 Å². The number of ether oxygens (including phenoxy) is 3. The second-order valence-electron chi connectivity index (χ2n) is 9.65. The van der Waals surface area contributed by atoms with Crippen molar-refractivity contribution in [1.29, 1.82) is 0 Å². The van der Waals surface area contributed by atoms with Crippen molar-refractivity contribution in [2.75, 3.05) is 38.8 Å². The lowest BCUT2D eigenvalue weighted by molar-refractivity contribution is -0.231. The molecule has 0 unspecified atom stereocenters. The fourth-order valence-electron chi connectivity index (χ4n) is 4.01. The van der Waals surface area contributed by atoms with Gasteiger partial charge in [0.25, 0.3) is 0 Å². The molecule has 11 heteroatoms. The molecule has 5 rings (SSSR count). The van der Waals surface area contributed by atoms with Gasteiger partial charge in [0.15, 0.2) is 5.82 Å². The Morgan fingerprint density at radius 2 is 1.95 bits per heavy atom. The molecule has 1 saturated carbocycles. The highest BCUT2D eigenvalue weighted by Gasteiger charge is 2.40. The van der Waals surface area contributed by atoms with Crippen molar-refractivity contribution in [2.24, 2.45) is 5.41 Å². The standard InChI is InChI=1S/C26H31FN6O4/c1-26(24(34)28-11-3-13-35-2)14-36-23(37-15-26)22-32-20(16-4-6-17(27)7-5-16)21(33-22)19-10-12-29-25(31-19)30-18-8-9-18/h4-7,10,12,18,23H,3,8-9,11,13-15H2,1-2H3,(H,28,34)(H,32,33)(H,29,30,31). The summed E-state index contributed by atoms with van der Waals surface area (Å²) in [6.07, 6.45) is 3.82. The number of carbonyl (C=O) groups excluding carboxylic acids is 1. The van der Waals surface area contributed by atoms with Gasteiger partial charge in [0, 0.05) is 38.1 Å². The van der Waals surface area contributed by atoms with Gasteiger partial charge in [-0.15, -0.1) is 0 Å². The first-order valence-corrected chi connectivity index (χ1v) is 12.4. The van der Waals surface area contributed by atoms with E-state index in [-0.39, 0.29) is 24.9 Å². The van der Waals surface area contributed by atoms with E-state index in [0.29, 0.717) is 53.6 Å². The molecule has 3 N–H and O–H groups in total. The van der Waals surface area contributed by atoms with Crippen molar-refractivity contribution in [3.05, 3.63) is 48.2 Å². The number of anilines is 1. The predicted octanol–water partition coefficient (Wildman–Crippen LogP) is 3.45. The van der Waals surface area contributed by atoms with Crippen LogP contribution in [0.1, 0.15) is 38.3 Å². The van der Waals surface area contributed by atoms with Gasteiger partial charge in [-0.05, 0) is 56.5 Å². The van der Waals surface area contributed by atoms with Crippen molar-refractivity contribution in [2.45, 2.75) is 38.5 Å². The van der Waals surface area contributed by atoms with Gasteiger partial charge in [0.05, 0.1) is 35.7 Å². The molecule has 1 aliphatic carbocycles. The van der Waals surface area contributed by atoms with Crippen LogP contribution >= 0.6 is 0 Å². The van der Waals surface area contributed by atoms with Crippen molar-refractivity contribution in [3.63, 3.8) is 0 Å². The normalized spacial score (nSPS) is 21.5. The number of carbonyl (C=O) groups is 1. The quantitative estimate of drug-likeness (QED) is 0.355. The average molecular weight is 511 g/mol. The molecule has 0 radical (unpaired) electrons. The van der Waals surface area contributed by atoms with E-state index in [9.17, 15) is 9.18 Å². The summed E-state index contributed by atoms with van der Waals surface area (Å²) < 4.78 is 30.6. The van der Waals surface area contributed by atoms with Crippen LogP contribution in [0.15, 0.2) is 36.5 Å². The number of nitrogens with zero attached hydrogens (tertiary/aromatic N) is 3. The average Bonchev–Trinajstić information content (AvgIpc) is 3.61. The number of aromatic amines is 1. The number of benzene rings is 1. The number of H-pyrrole nitrogens is 1. The number of aromatic nitrogens is 4. The highest BCUT2D eigenvalue weighted by atomic mass is 19.1. The number of rotatable bonds is 10. The lowest BCUT2D eigenvalue weighted by atomic mass is 9.91. The van der Waals surface area contributed by atoms with Crippen LogP contribution in [0.5, 0.6) is 0 Å². The maximum absolute atomic E-state index is 13.6. The van der Waals surface area contributed by atoms with Gasteiger partial charge in [-0.25, -0.2) is 19.3 Å². The topological polar surface area (TPSA) is 123 Å². The molecule has 2 aliphatic rings. The third-order valence-corrected chi connectivity index (χ3v) is 6.35. The lowest BCUT2D eigenvalue weighted by Gasteiger charge is -2.35. The van der Waals surface area contributed by atoms with Crippen LogP contribution in [0.3, 0.4) is 0 Å². The predicted molar refractivity (Wildman–Crippen MR) is 134 cm³/mol. The summed E-state index contributed by atoms with van der Waals surface area (Å²) in [7, 11) is 1.63. The van der Waals surface area contributed by atoms with Crippen molar-refractivity contribution in [1.82, 2.24) is 25.3 Å². The Bertz CT molecular complexity index is 1220. The molecular weight excluding hydrogens is 479 g/mol. The summed E-state index contributed by atoms with van der Waals surface area (Å²) in [6, 6.07) is 8.29. The maximum Gasteiger partial charge on any atom is 0.230 e. The number of hydrogen-bond acceptors (Lipinski definition) is 8. The summed E-state index contributed by atoms with van der Waals surface area (Å²) in [5.41, 5.74) is 1.74. The summed E-state index contributed by atoms with van der Waals surface area (Å²) >= 11 is 0. The second kappa shape index (κ2) is 10.9. The fraction of sp³-hybridized carbons (Fsp3) is 0.462. The minimum absolute atomic E-state index is 0.133. The van der Waals surface area contributed by atoms with Gasteiger partial charge >= 0.3 is 0 Å². The first-order valence-electron chi connectivity index (χ1n) is 12.4. The molecule has 3 aromatic rings. The van der Waals surface area contributed by atoms with Crippen molar-refractivity contribution < 1.29 is 23.4 Å². The zero-order chi connectivity index (χ0) is 25.8. The monoisotopic (exact) mass is 510 g/mol. The first kappa shape index (κ1) is 25.2. The maximum atomic E-state index is 13.6. The van der Waals surface area contributed by atoms with Gasteiger partial charge in [-0.3, -0.25) is 4.79 Å². The van der Waals surface area contributed by atoms with Crippen LogP contribution in [0.4, 0.5) is 10.3 Å². The van der Waals surface area contributed by atoms with Crippen molar-refractivity contribution >= 4 is 11.9 Å². The highest BCUT2D eigenvalue weighted by molar-refractivity contribution is 5.82. The van der Waals surface area contributed by atoms with E-state index < -0.39 is 11.7 Å². The van der Waals surface area contributed by atoms with Gasteiger partial charge in [0.1, 0.15) is 5.82 Å². The minimum Gasteiger partial charge on any atom is -0.385 e. The molecule has 1 amide bonds. The SMILES string of the molecule is COCCCNC(=O)C1(C)COC(c2nc(-c3ccc(F)cc3)c(-c3ccnc(NC4CC4)n3)[nH]2)OC1. The first-order chi connectivity index (χ1) is 17.9. The van der Waals surface area contributed by atoms with Gasteiger partial charge in [-0.1, -0.05) is 0 Å². The van der Waals surface area contributed by atoms with Crippen LogP contribution < -0.4 is 10.6 Å². The molecule has 10 nitrogen and oxygen atoms in total. The lowest BCUT2D eigenvalue weighted by Crippen LogP contribution is -2.48. The number of nitrogens with one attached hydrogen (secondary N) is 3. The minimum atomic E-state index is -0.825. The summed E-state index contributed by atoms with van der Waals surface area (Å²) in [4.78, 5) is 29.7. The zero-order valence-corrected chi connectivity index (χ0v) is 20.9. The van der Waals surface area contributed by atoms with Crippen LogP contribution in [-0.4, -0.2) is 65.4 Å². The van der Waals surface area contributed by atoms with Crippen LogP contribution in [0.2, 0.25) is 0 Å². The molecular formula is C26H31FN6O4. The molecule has 1 aromatic carbocycles. The summed E-state index contributed by atoms with van der Waals surface area (Å²) in [6.45, 7) is 3.23. The van der Waals surface area contributed by atoms with Gasteiger partial charge < -0.3 is 29.8 Å². The number of halogens is 1. The molecule has 0 atom stereocenters. The Balaban J connectivity index is 1.36. The largest absolute Gasteiger partial charge is 0.385 e. The Hall–Kier alpha value is -3.41. The van der Waals surface area contributed by atoms with E-state index >= 15 is 0 Å². The van der Waals surface area contributed by atoms with E-state index in [1.165, 1.54) is 12.1 Å². The van der Waals surface area contributed by atoms with E-state index in [1.807, 2.05) is 6.92 Å². The van der Waals surface area contributed by atoms with E-state index in [2.05, 4.69) is 25.6 Å².